The summed E-state index contributed by atoms with van der Waals surface area (Å²) in [6, 6.07) is 15.0. The third kappa shape index (κ3) is 5.52. The van der Waals surface area contributed by atoms with Gasteiger partial charge in [0.25, 0.3) is 11.8 Å². The summed E-state index contributed by atoms with van der Waals surface area (Å²) in [5.41, 5.74) is 1.55. The number of methoxy groups -OCH3 is 2. The summed E-state index contributed by atoms with van der Waals surface area (Å²) in [5, 5.41) is 5.41. The second kappa shape index (κ2) is 10.6. The molecule has 4 rings (SSSR count). The first-order valence-corrected chi connectivity index (χ1v) is 11.0. The highest BCUT2D eigenvalue weighted by atomic mass is 16.5. The van der Waals surface area contributed by atoms with Crippen LogP contribution in [0.5, 0.6) is 11.5 Å². The van der Waals surface area contributed by atoms with E-state index in [9.17, 15) is 14.4 Å². The van der Waals surface area contributed by atoms with Gasteiger partial charge in [-0.15, -0.1) is 0 Å². The van der Waals surface area contributed by atoms with E-state index >= 15 is 0 Å². The van der Waals surface area contributed by atoms with Crippen molar-refractivity contribution in [2.75, 3.05) is 31.0 Å². The predicted molar refractivity (Wildman–Crippen MR) is 130 cm³/mol. The van der Waals surface area contributed by atoms with Gasteiger partial charge in [-0.25, -0.2) is 0 Å². The molecule has 3 aromatic rings. The summed E-state index contributed by atoms with van der Waals surface area (Å²) in [5.74, 6) is 0.293. The molecule has 0 atom stereocenters. The summed E-state index contributed by atoms with van der Waals surface area (Å²) < 4.78 is 15.8. The minimum Gasteiger partial charge on any atom is -0.493 e. The van der Waals surface area contributed by atoms with Gasteiger partial charge in [-0.3, -0.25) is 14.4 Å². The van der Waals surface area contributed by atoms with Crippen molar-refractivity contribution in [3.63, 3.8) is 0 Å². The zero-order chi connectivity index (χ0) is 24.8. The standard InChI is InChI=1S/C26H25N3O6/c1-33-22-12-7-17(15-23(22)34-2)25(31)28-21(16-20-5-4-14-35-20)26(32)27-18-8-10-19(11-9-18)29-13-3-6-24(29)30/h4-5,7-12,14-16H,3,6,13H2,1-2H3,(H,27,32)(H,28,31)/b21-16-. The molecule has 0 unspecified atom stereocenters. The molecule has 35 heavy (non-hydrogen) atoms. The van der Waals surface area contributed by atoms with E-state index in [1.165, 1.54) is 32.6 Å². The van der Waals surface area contributed by atoms with Crippen molar-refractivity contribution in [2.45, 2.75) is 12.8 Å². The van der Waals surface area contributed by atoms with Crippen LogP contribution in [0.1, 0.15) is 29.0 Å². The second-order valence-electron chi connectivity index (χ2n) is 7.75. The fourth-order valence-corrected chi connectivity index (χ4v) is 3.69. The van der Waals surface area contributed by atoms with E-state index in [1.807, 2.05) is 0 Å². The van der Waals surface area contributed by atoms with Gasteiger partial charge in [-0.05, 0) is 61.0 Å². The van der Waals surface area contributed by atoms with E-state index in [0.29, 0.717) is 35.9 Å². The van der Waals surface area contributed by atoms with Crippen LogP contribution in [0.15, 0.2) is 71.0 Å². The Morgan fingerprint density at radius 1 is 1.03 bits per heavy atom. The van der Waals surface area contributed by atoms with Crippen LogP contribution in [0.25, 0.3) is 6.08 Å². The van der Waals surface area contributed by atoms with Crippen LogP contribution >= 0.6 is 0 Å². The van der Waals surface area contributed by atoms with Gasteiger partial charge >= 0.3 is 0 Å². The van der Waals surface area contributed by atoms with E-state index in [2.05, 4.69) is 10.6 Å². The van der Waals surface area contributed by atoms with Gasteiger partial charge in [0.1, 0.15) is 11.5 Å². The third-order valence-corrected chi connectivity index (χ3v) is 5.48. The lowest BCUT2D eigenvalue weighted by molar-refractivity contribution is -0.117. The Hall–Kier alpha value is -4.53. The molecule has 1 fully saturated rings. The van der Waals surface area contributed by atoms with E-state index in [-0.39, 0.29) is 17.2 Å². The maximum atomic E-state index is 13.1. The van der Waals surface area contributed by atoms with Crippen molar-refractivity contribution >= 4 is 35.2 Å². The first-order chi connectivity index (χ1) is 17.0. The van der Waals surface area contributed by atoms with Crippen molar-refractivity contribution < 1.29 is 28.3 Å². The molecule has 1 aromatic heterocycles. The summed E-state index contributed by atoms with van der Waals surface area (Å²) in [6.07, 6.45) is 4.28. The van der Waals surface area contributed by atoms with E-state index < -0.39 is 11.8 Å². The molecule has 3 amide bonds. The number of nitrogens with zero attached hydrogens (tertiary/aromatic N) is 1. The fourth-order valence-electron chi connectivity index (χ4n) is 3.69. The monoisotopic (exact) mass is 475 g/mol. The van der Waals surface area contributed by atoms with Crippen LogP contribution in [0.3, 0.4) is 0 Å². The van der Waals surface area contributed by atoms with E-state index in [1.54, 1.807) is 53.4 Å². The van der Waals surface area contributed by atoms with Crippen molar-refractivity contribution in [3.05, 3.63) is 77.9 Å². The molecule has 1 saturated heterocycles. The molecule has 1 aliphatic rings. The number of anilines is 2. The largest absolute Gasteiger partial charge is 0.493 e. The molecule has 0 saturated carbocycles. The minimum atomic E-state index is -0.541. The maximum Gasteiger partial charge on any atom is 0.272 e. The van der Waals surface area contributed by atoms with E-state index in [4.69, 9.17) is 13.9 Å². The second-order valence-corrected chi connectivity index (χ2v) is 7.75. The number of amides is 3. The highest BCUT2D eigenvalue weighted by molar-refractivity contribution is 6.10. The highest BCUT2D eigenvalue weighted by Gasteiger charge is 2.22. The summed E-state index contributed by atoms with van der Waals surface area (Å²) >= 11 is 0. The molecule has 1 aliphatic heterocycles. The van der Waals surface area contributed by atoms with E-state index in [0.717, 1.165) is 12.1 Å². The Bertz CT molecular complexity index is 1250. The predicted octanol–water partition coefficient (Wildman–Crippen LogP) is 3.83. The molecule has 0 aliphatic carbocycles. The fraction of sp³-hybridized carbons (Fsp3) is 0.192. The molecule has 0 spiro atoms. The summed E-state index contributed by atoms with van der Waals surface area (Å²) in [7, 11) is 2.97. The molecule has 0 bridgehead atoms. The SMILES string of the molecule is COc1ccc(C(=O)N/C(=C\c2ccco2)C(=O)Nc2ccc(N3CCCC3=O)cc2)cc1OC. The number of rotatable bonds is 8. The molecule has 180 valence electrons. The molecular formula is C26H25N3O6. The number of hydrogen-bond donors (Lipinski definition) is 2. The first kappa shape index (κ1) is 23.6. The first-order valence-electron chi connectivity index (χ1n) is 11.0. The van der Waals surface area contributed by atoms with Crippen molar-refractivity contribution in [3.8, 4) is 11.5 Å². The molecule has 9 heteroatoms. The van der Waals surface area contributed by atoms with Gasteiger partial charge in [-0.1, -0.05) is 0 Å². The Balaban J connectivity index is 1.52. The number of carbonyl (C=O) groups excluding carboxylic acids is 3. The van der Waals surface area contributed by atoms with Crippen molar-refractivity contribution in [1.29, 1.82) is 0 Å². The Kier molecular flexibility index (Phi) is 7.15. The zero-order valence-electron chi connectivity index (χ0n) is 19.4. The van der Waals surface area contributed by atoms with Gasteiger partial charge in [0.15, 0.2) is 11.5 Å². The molecule has 2 heterocycles. The normalized spacial score (nSPS) is 13.5. The van der Waals surface area contributed by atoms with Crippen LogP contribution in [-0.4, -0.2) is 38.5 Å². The van der Waals surface area contributed by atoms with Gasteiger partial charge in [0, 0.05) is 36.0 Å². The van der Waals surface area contributed by atoms with Crippen LogP contribution < -0.4 is 25.0 Å². The molecule has 2 aromatic carbocycles. The average molecular weight is 476 g/mol. The van der Waals surface area contributed by atoms with Gasteiger partial charge in [0.2, 0.25) is 5.91 Å². The Morgan fingerprint density at radius 2 is 1.80 bits per heavy atom. The number of furan rings is 1. The van der Waals surface area contributed by atoms with Gasteiger partial charge in [0.05, 0.1) is 20.5 Å². The van der Waals surface area contributed by atoms with Crippen molar-refractivity contribution in [2.24, 2.45) is 0 Å². The summed E-state index contributed by atoms with van der Waals surface area (Å²) in [6.45, 7) is 0.683. The van der Waals surface area contributed by atoms with Crippen LogP contribution in [0, 0.1) is 0 Å². The summed E-state index contributed by atoms with van der Waals surface area (Å²) in [4.78, 5) is 39.7. The molecule has 9 nitrogen and oxygen atoms in total. The number of benzene rings is 2. The minimum absolute atomic E-state index is 0.0152. The lowest BCUT2D eigenvalue weighted by Gasteiger charge is -2.16. The van der Waals surface area contributed by atoms with Crippen LogP contribution in [-0.2, 0) is 9.59 Å². The molecular weight excluding hydrogens is 450 g/mol. The molecule has 2 N–H and O–H groups in total. The third-order valence-electron chi connectivity index (χ3n) is 5.48. The number of nitrogens with one attached hydrogen (secondary N) is 2. The molecule has 0 radical (unpaired) electrons. The zero-order valence-corrected chi connectivity index (χ0v) is 19.4. The Morgan fingerprint density at radius 3 is 2.43 bits per heavy atom. The quantitative estimate of drug-likeness (QED) is 0.479. The topological polar surface area (TPSA) is 110 Å². The van der Waals surface area contributed by atoms with Crippen molar-refractivity contribution in [1.82, 2.24) is 5.32 Å². The van der Waals surface area contributed by atoms with Gasteiger partial charge < -0.3 is 29.4 Å². The average Bonchev–Trinajstić information content (AvgIpc) is 3.55. The van der Waals surface area contributed by atoms with Crippen LogP contribution in [0.4, 0.5) is 11.4 Å². The Labute approximate surface area is 202 Å². The smallest absolute Gasteiger partial charge is 0.272 e. The lowest BCUT2D eigenvalue weighted by Crippen LogP contribution is -2.30. The van der Waals surface area contributed by atoms with Gasteiger partial charge in [-0.2, -0.15) is 0 Å². The number of carbonyl (C=O) groups is 3. The number of ether oxygens (including phenoxy) is 2. The highest BCUT2D eigenvalue weighted by Crippen LogP contribution is 2.28. The number of hydrogen-bond acceptors (Lipinski definition) is 6. The lowest BCUT2D eigenvalue weighted by atomic mass is 10.1. The van der Waals surface area contributed by atoms with Crippen LogP contribution in [0.2, 0.25) is 0 Å². The maximum absolute atomic E-state index is 13.1.